The maximum absolute atomic E-state index is 13.2. The van der Waals surface area contributed by atoms with Crippen molar-refractivity contribution in [3.63, 3.8) is 0 Å². The van der Waals surface area contributed by atoms with Gasteiger partial charge in [-0.2, -0.15) is 0 Å². The number of nitrogens with zero attached hydrogens (tertiary/aromatic N) is 1. The van der Waals surface area contributed by atoms with Gasteiger partial charge in [0.1, 0.15) is 6.04 Å². The largest absolute Gasteiger partial charge is 0.352 e. The first-order valence-electron chi connectivity index (χ1n) is 10.9. The molecule has 1 fully saturated rings. The number of rotatable bonds is 9. The minimum Gasteiger partial charge on any atom is -0.352 e. The van der Waals surface area contributed by atoms with E-state index in [1.807, 2.05) is 37.3 Å². The number of thioether (sulfide) groups is 1. The molecule has 0 unspecified atom stereocenters. The van der Waals surface area contributed by atoms with Crippen LogP contribution in [0.2, 0.25) is 5.02 Å². The molecule has 31 heavy (non-hydrogen) atoms. The van der Waals surface area contributed by atoms with E-state index in [0.29, 0.717) is 17.3 Å². The summed E-state index contributed by atoms with van der Waals surface area (Å²) in [6.45, 7) is 4.25. The highest BCUT2D eigenvalue weighted by Gasteiger charge is 2.28. The van der Waals surface area contributed by atoms with Crippen molar-refractivity contribution in [2.75, 3.05) is 5.75 Å². The predicted octanol–water partition coefficient (Wildman–Crippen LogP) is 5.36. The number of aryl methyl sites for hydroxylation is 1. The SMILES string of the molecule is Cc1cccc(CSCC(=O)N(Cc2cccc(Cl)c2)[C@H](C)C(=O)NC2CCCC2)c1. The van der Waals surface area contributed by atoms with E-state index in [-0.39, 0.29) is 17.9 Å². The second kappa shape index (κ2) is 11.6. The zero-order valence-electron chi connectivity index (χ0n) is 18.3. The second-order valence-corrected chi connectivity index (χ2v) is 9.72. The van der Waals surface area contributed by atoms with E-state index in [2.05, 4.69) is 30.4 Å². The van der Waals surface area contributed by atoms with Gasteiger partial charge in [0, 0.05) is 23.4 Å². The molecule has 0 saturated heterocycles. The predicted molar refractivity (Wildman–Crippen MR) is 129 cm³/mol. The first kappa shape index (κ1) is 23.7. The number of benzene rings is 2. The number of halogens is 1. The Bertz CT molecular complexity index is 899. The van der Waals surface area contributed by atoms with E-state index < -0.39 is 6.04 Å². The van der Waals surface area contributed by atoms with Gasteiger partial charge in [0.25, 0.3) is 0 Å². The van der Waals surface area contributed by atoms with Crippen molar-refractivity contribution in [3.05, 3.63) is 70.2 Å². The van der Waals surface area contributed by atoms with Gasteiger partial charge in [-0.1, -0.05) is 66.4 Å². The van der Waals surface area contributed by atoms with Crippen molar-refractivity contribution in [2.24, 2.45) is 0 Å². The summed E-state index contributed by atoms with van der Waals surface area (Å²) in [5.74, 6) is 0.981. The zero-order chi connectivity index (χ0) is 22.2. The average Bonchev–Trinajstić information content (AvgIpc) is 3.24. The maximum atomic E-state index is 13.2. The Balaban J connectivity index is 1.65. The first-order valence-corrected chi connectivity index (χ1v) is 12.4. The van der Waals surface area contributed by atoms with Crippen LogP contribution in [0.3, 0.4) is 0 Å². The maximum Gasteiger partial charge on any atom is 0.242 e. The number of carbonyl (C=O) groups is 2. The summed E-state index contributed by atoms with van der Waals surface area (Å²) in [4.78, 5) is 27.7. The van der Waals surface area contributed by atoms with Gasteiger partial charge in [0.05, 0.1) is 5.75 Å². The Labute approximate surface area is 194 Å². The Morgan fingerprint density at radius 1 is 1.13 bits per heavy atom. The lowest BCUT2D eigenvalue weighted by molar-refractivity contribution is -0.138. The van der Waals surface area contributed by atoms with Crippen molar-refractivity contribution in [1.29, 1.82) is 0 Å². The van der Waals surface area contributed by atoms with Crippen LogP contribution in [0.15, 0.2) is 48.5 Å². The molecule has 166 valence electrons. The van der Waals surface area contributed by atoms with Crippen LogP contribution in [-0.2, 0) is 21.9 Å². The molecule has 0 spiro atoms. The average molecular weight is 459 g/mol. The van der Waals surface area contributed by atoms with E-state index in [9.17, 15) is 9.59 Å². The zero-order valence-corrected chi connectivity index (χ0v) is 19.8. The number of carbonyl (C=O) groups excluding carboxylic acids is 2. The molecule has 1 aliphatic rings. The fourth-order valence-corrected chi connectivity index (χ4v) is 5.02. The molecule has 1 N–H and O–H groups in total. The van der Waals surface area contributed by atoms with E-state index in [1.165, 1.54) is 11.1 Å². The number of hydrogen-bond acceptors (Lipinski definition) is 3. The summed E-state index contributed by atoms with van der Waals surface area (Å²) in [5.41, 5.74) is 3.33. The Hall–Kier alpha value is -1.98. The standard InChI is InChI=1S/C25H31ClN2O2S/c1-18-7-5-9-21(13-18)16-31-17-24(29)28(15-20-8-6-10-22(26)14-20)19(2)25(30)27-23-11-3-4-12-23/h5-10,13-14,19,23H,3-4,11-12,15-17H2,1-2H3,(H,27,30)/t19-/m1/s1. The third-order valence-corrected chi connectivity index (χ3v) is 6.91. The quantitative estimate of drug-likeness (QED) is 0.550. The minimum atomic E-state index is -0.536. The smallest absolute Gasteiger partial charge is 0.242 e. The van der Waals surface area contributed by atoms with Crippen LogP contribution < -0.4 is 5.32 Å². The summed E-state index contributed by atoms with van der Waals surface area (Å²) in [5, 5.41) is 3.76. The number of nitrogens with one attached hydrogen (secondary N) is 1. The normalized spacial score (nSPS) is 14.9. The molecule has 4 nitrogen and oxygen atoms in total. The van der Waals surface area contributed by atoms with Crippen molar-refractivity contribution >= 4 is 35.2 Å². The molecular formula is C25H31ClN2O2S. The van der Waals surface area contributed by atoms with Crippen LogP contribution in [0.1, 0.15) is 49.3 Å². The van der Waals surface area contributed by atoms with E-state index in [1.54, 1.807) is 16.7 Å². The fraction of sp³-hybridized carbons (Fsp3) is 0.440. The third kappa shape index (κ3) is 7.29. The van der Waals surface area contributed by atoms with Gasteiger partial charge in [-0.3, -0.25) is 9.59 Å². The van der Waals surface area contributed by atoms with Crippen LogP contribution in [0.5, 0.6) is 0 Å². The van der Waals surface area contributed by atoms with Crippen LogP contribution in [-0.4, -0.2) is 34.6 Å². The van der Waals surface area contributed by atoms with Gasteiger partial charge in [-0.05, 0) is 49.9 Å². The van der Waals surface area contributed by atoms with Gasteiger partial charge < -0.3 is 10.2 Å². The molecule has 1 saturated carbocycles. The highest BCUT2D eigenvalue weighted by atomic mass is 35.5. The number of hydrogen-bond donors (Lipinski definition) is 1. The molecule has 3 rings (SSSR count). The van der Waals surface area contributed by atoms with Gasteiger partial charge in [0.2, 0.25) is 11.8 Å². The summed E-state index contributed by atoms with van der Waals surface area (Å²) in [6.07, 6.45) is 4.35. The molecule has 0 heterocycles. The summed E-state index contributed by atoms with van der Waals surface area (Å²) >= 11 is 7.72. The van der Waals surface area contributed by atoms with Gasteiger partial charge in [0.15, 0.2) is 0 Å². The highest BCUT2D eigenvalue weighted by Crippen LogP contribution is 2.20. The van der Waals surface area contributed by atoms with Gasteiger partial charge in [-0.15, -0.1) is 11.8 Å². The third-order valence-electron chi connectivity index (χ3n) is 5.69. The molecule has 0 radical (unpaired) electrons. The van der Waals surface area contributed by atoms with E-state index in [0.717, 1.165) is 37.0 Å². The molecule has 0 aliphatic heterocycles. The van der Waals surface area contributed by atoms with Crippen LogP contribution >= 0.6 is 23.4 Å². The summed E-state index contributed by atoms with van der Waals surface area (Å²) < 4.78 is 0. The van der Waals surface area contributed by atoms with Gasteiger partial charge >= 0.3 is 0 Å². The molecule has 1 atom stereocenters. The summed E-state index contributed by atoms with van der Waals surface area (Å²) in [7, 11) is 0. The lowest BCUT2D eigenvalue weighted by atomic mass is 10.1. The van der Waals surface area contributed by atoms with Crippen LogP contribution in [0.4, 0.5) is 0 Å². The molecule has 2 aromatic carbocycles. The molecule has 0 aromatic heterocycles. The van der Waals surface area contributed by atoms with Crippen molar-refractivity contribution in [1.82, 2.24) is 10.2 Å². The Morgan fingerprint density at radius 3 is 2.55 bits per heavy atom. The molecule has 0 bridgehead atoms. The Morgan fingerprint density at radius 2 is 1.84 bits per heavy atom. The fourth-order valence-electron chi connectivity index (χ4n) is 3.95. The van der Waals surface area contributed by atoms with Crippen molar-refractivity contribution in [3.8, 4) is 0 Å². The lowest BCUT2D eigenvalue weighted by Gasteiger charge is -2.29. The van der Waals surface area contributed by atoms with Crippen LogP contribution in [0, 0.1) is 6.92 Å². The molecule has 2 aromatic rings. The van der Waals surface area contributed by atoms with E-state index in [4.69, 9.17) is 11.6 Å². The van der Waals surface area contributed by atoms with Crippen LogP contribution in [0.25, 0.3) is 0 Å². The summed E-state index contributed by atoms with van der Waals surface area (Å²) in [6, 6.07) is 15.5. The number of amides is 2. The molecule has 1 aliphatic carbocycles. The topological polar surface area (TPSA) is 49.4 Å². The Kier molecular flexibility index (Phi) is 8.85. The molecule has 2 amide bonds. The van der Waals surface area contributed by atoms with Crippen molar-refractivity contribution < 1.29 is 9.59 Å². The van der Waals surface area contributed by atoms with Gasteiger partial charge in [-0.25, -0.2) is 0 Å². The highest BCUT2D eigenvalue weighted by molar-refractivity contribution is 7.99. The molecule has 6 heteroatoms. The van der Waals surface area contributed by atoms with E-state index >= 15 is 0 Å². The minimum absolute atomic E-state index is 0.0355. The first-order chi connectivity index (χ1) is 14.9. The lowest BCUT2D eigenvalue weighted by Crippen LogP contribution is -2.50. The monoisotopic (exact) mass is 458 g/mol. The second-order valence-electron chi connectivity index (χ2n) is 8.30. The van der Waals surface area contributed by atoms with Crippen molar-refractivity contribution in [2.45, 2.75) is 63.9 Å². The molecular weight excluding hydrogens is 428 g/mol.